The molecule has 1 heteroatoms. The monoisotopic (exact) mass is 476 g/mol. The Morgan fingerprint density at radius 2 is 0.882 bits per heavy atom. The minimum absolute atomic E-state index is 0.824. The zero-order valence-electron chi connectivity index (χ0n) is 24.3. The first kappa shape index (κ1) is 30.2. The van der Waals surface area contributed by atoms with Crippen LogP contribution in [0.5, 0.6) is 0 Å². The second-order valence-electron chi connectivity index (χ2n) is 12.8. The van der Waals surface area contributed by atoms with Gasteiger partial charge in [-0.1, -0.05) is 136 Å². The zero-order chi connectivity index (χ0) is 24.4. The number of rotatable bonds is 25. The Morgan fingerprint density at radius 1 is 0.500 bits per heavy atom. The molecule has 5 atom stereocenters. The van der Waals surface area contributed by atoms with Crippen LogP contribution in [0.3, 0.4) is 0 Å². The number of hydrogen-bond donors (Lipinski definition) is 0. The molecule has 0 aliphatic heterocycles. The molecule has 0 bridgehead atoms. The van der Waals surface area contributed by atoms with Crippen molar-refractivity contribution in [2.45, 2.75) is 174 Å². The number of hydrogen-bond acceptors (Lipinski definition) is 1. The predicted molar refractivity (Wildman–Crippen MR) is 154 cm³/mol. The molecule has 2 rings (SSSR count). The Bertz CT molecular complexity index is 457. The van der Waals surface area contributed by atoms with Crippen LogP contribution in [-0.4, -0.2) is 25.0 Å². The zero-order valence-corrected chi connectivity index (χ0v) is 24.3. The molecule has 3 unspecified atom stereocenters. The van der Waals surface area contributed by atoms with Gasteiger partial charge in [0.2, 0.25) is 0 Å². The average molecular weight is 476 g/mol. The van der Waals surface area contributed by atoms with Gasteiger partial charge in [-0.2, -0.15) is 0 Å². The maximum absolute atomic E-state index is 2.50. The minimum atomic E-state index is 0.824. The highest BCUT2D eigenvalue weighted by molar-refractivity contribution is 4.94. The fourth-order valence-electron chi connectivity index (χ4n) is 6.62. The second kappa shape index (κ2) is 19.1. The summed E-state index contributed by atoms with van der Waals surface area (Å²) in [7, 11) is 4.60. The summed E-state index contributed by atoms with van der Waals surface area (Å²) in [6.45, 7) is 4.64. The van der Waals surface area contributed by atoms with E-state index in [4.69, 9.17) is 0 Å². The van der Waals surface area contributed by atoms with Crippen molar-refractivity contribution in [1.29, 1.82) is 0 Å². The van der Waals surface area contributed by atoms with Crippen molar-refractivity contribution in [3.05, 3.63) is 0 Å². The van der Waals surface area contributed by atoms with Crippen molar-refractivity contribution < 1.29 is 0 Å². The van der Waals surface area contributed by atoms with Crippen LogP contribution in [0.2, 0.25) is 0 Å². The summed E-state index contributed by atoms with van der Waals surface area (Å²) in [5, 5.41) is 0. The molecule has 0 radical (unpaired) electrons. The van der Waals surface area contributed by atoms with Gasteiger partial charge in [0, 0.05) is 6.04 Å². The van der Waals surface area contributed by atoms with Gasteiger partial charge in [-0.05, 0) is 69.9 Å². The van der Waals surface area contributed by atoms with Crippen molar-refractivity contribution in [1.82, 2.24) is 4.90 Å². The van der Waals surface area contributed by atoms with Gasteiger partial charge in [0.15, 0.2) is 0 Å². The lowest BCUT2D eigenvalue weighted by Gasteiger charge is -2.24. The molecule has 0 amide bonds. The minimum Gasteiger partial charge on any atom is -0.306 e. The molecule has 34 heavy (non-hydrogen) atoms. The summed E-state index contributed by atoms with van der Waals surface area (Å²) in [6.07, 6.45) is 35.5. The van der Waals surface area contributed by atoms with Gasteiger partial charge in [0.1, 0.15) is 0 Å². The quantitative estimate of drug-likeness (QED) is 0.119. The Hall–Kier alpha value is -0.0400. The molecule has 202 valence electrons. The Balaban J connectivity index is 1.33. The predicted octanol–water partition coefficient (Wildman–Crippen LogP) is 10.8. The molecular formula is C33H65N. The van der Waals surface area contributed by atoms with Crippen LogP contribution in [0.15, 0.2) is 0 Å². The molecule has 2 aliphatic carbocycles. The lowest BCUT2D eigenvalue weighted by atomic mass is 9.99. The van der Waals surface area contributed by atoms with Crippen molar-refractivity contribution in [3.63, 3.8) is 0 Å². The van der Waals surface area contributed by atoms with Crippen LogP contribution in [0.4, 0.5) is 0 Å². The van der Waals surface area contributed by atoms with Gasteiger partial charge in [0.05, 0.1) is 0 Å². The van der Waals surface area contributed by atoms with E-state index in [1.165, 1.54) is 122 Å². The third kappa shape index (κ3) is 14.5. The molecule has 2 aliphatic rings. The molecule has 0 N–H and O–H groups in total. The molecule has 2 fully saturated rings. The highest BCUT2D eigenvalue weighted by atomic mass is 15.1. The van der Waals surface area contributed by atoms with E-state index >= 15 is 0 Å². The van der Waals surface area contributed by atoms with Gasteiger partial charge in [0.25, 0.3) is 0 Å². The van der Waals surface area contributed by atoms with E-state index in [2.05, 4.69) is 32.8 Å². The topological polar surface area (TPSA) is 3.24 Å². The van der Waals surface area contributed by atoms with Gasteiger partial charge >= 0.3 is 0 Å². The van der Waals surface area contributed by atoms with Crippen molar-refractivity contribution in [3.8, 4) is 0 Å². The largest absolute Gasteiger partial charge is 0.306 e. The highest BCUT2D eigenvalue weighted by Gasteiger charge is 2.44. The number of unbranched alkanes of at least 4 members (excludes halogenated alkanes) is 14. The summed E-state index contributed by atoms with van der Waals surface area (Å²) in [4.78, 5) is 2.50. The maximum atomic E-state index is 2.50. The third-order valence-electron chi connectivity index (χ3n) is 9.41. The summed E-state index contributed by atoms with van der Waals surface area (Å²) in [6, 6.07) is 0.824. The fraction of sp³-hybridized carbons (Fsp3) is 1.00. The van der Waals surface area contributed by atoms with E-state index in [0.717, 1.165) is 29.7 Å². The van der Waals surface area contributed by atoms with Gasteiger partial charge in [-0.15, -0.1) is 0 Å². The maximum Gasteiger partial charge on any atom is 0.00891 e. The van der Waals surface area contributed by atoms with Crippen LogP contribution in [0, 0.1) is 23.7 Å². The van der Waals surface area contributed by atoms with Gasteiger partial charge in [-0.25, -0.2) is 0 Å². The smallest absolute Gasteiger partial charge is 0.00891 e. The molecular weight excluding hydrogens is 410 g/mol. The van der Waals surface area contributed by atoms with E-state index in [9.17, 15) is 0 Å². The lowest BCUT2D eigenvalue weighted by Crippen LogP contribution is -2.27. The molecule has 0 aromatic heterocycles. The number of nitrogens with zero attached hydrogens (tertiary/aromatic N) is 1. The summed E-state index contributed by atoms with van der Waals surface area (Å²) in [5.74, 6) is 4.57. The molecule has 0 saturated heterocycles. The van der Waals surface area contributed by atoms with E-state index < -0.39 is 0 Å². The average Bonchev–Trinajstić information content (AvgIpc) is 3.74. The summed E-state index contributed by atoms with van der Waals surface area (Å²) < 4.78 is 0. The van der Waals surface area contributed by atoms with Crippen molar-refractivity contribution in [2.24, 2.45) is 23.7 Å². The molecule has 1 nitrogen and oxygen atoms in total. The van der Waals surface area contributed by atoms with Crippen LogP contribution >= 0.6 is 0 Å². The van der Waals surface area contributed by atoms with Crippen molar-refractivity contribution >= 4 is 0 Å². The van der Waals surface area contributed by atoms with E-state index in [-0.39, 0.29) is 0 Å². The van der Waals surface area contributed by atoms with E-state index in [1.807, 2.05) is 0 Å². The first-order chi connectivity index (χ1) is 16.7. The summed E-state index contributed by atoms with van der Waals surface area (Å²) >= 11 is 0. The molecule has 2 saturated carbocycles. The van der Waals surface area contributed by atoms with E-state index in [1.54, 1.807) is 32.1 Å². The SMILES string of the molecule is CCCCCCCCCC(CCCCCCCCCC1CC1C[C@@H]1C[C@@H]1CCCCC)N(C)C. The van der Waals surface area contributed by atoms with Crippen LogP contribution in [-0.2, 0) is 0 Å². The molecule has 0 aromatic rings. The van der Waals surface area contributed by atoms with Crippen LogP contribution in [0.25, 0.3) is 0 Å². The fourth-order valence-corrected chi connectivity index (χ4v) is 6.62. The van der Waals surface area contributed by atoms with Gasteiger partial charge < -0.3 is 4.90 Å². The molecule has 0 spiro atoms. The Morgan fingerprint density at radius 3 is 1.35 bits per heavy atom. The lowest BCUT2D eigenvalue weighted by molar-refractivity contribution is 0.251. The third-order valence-corrected chi connectivity index (χ3v) is 9.41. The Kier molecular flexibility index (Phi) is 17.0. The van der Waals surface area contributed by atoms with Crippen LogP contribution in [0.1, 0.15) is 168 Å². The van der Waals surface area contributed by atoms with Crippen LogP contribution < -0.4 is 0 Å². The standard InChI is InChI=1S/C33H65N/c1-5-7-9-10-12-16-20-24-33(34(3)4)25-21-17-14-11-13-15-19-23-30-27-32(30)28-31-26-29(31)22-18-8-6-2/h29-33H,5-28H2,1-4H3/t29-,30?,31-,32?,33?/m0/s1. The molecule has 0 heterocycles. The first-order valence-corrected chi connectivity index (χ1v) is 16.3. The van der Waals surface area contributed by atoms with E-state index in [0.29, 0.717) is 0 Å². The van der Waals surface area contributed by atoms with Gasteiger partial charge in [-0.3, -0.25) is 0 Å². The Labute approximate surface area is 216 Å². The van der Waals surface area contributed by atoms with Crippen molar-refractivity contribution in [2.75, 3.05) is 14.1 Å². The first-order valence-electron chi connectivity index (χ1n) is 16.3. The second-order valence-corrected chi connectivity index (χ2v) is 12.8. The molecule has 0 aromatic carbocycles. The normalized spacial score (nSPS) is 24.6. The highest BCUT2D eigenvalue weighted by Crippen LogP contribution is 2.54. The summed E-state index contributed by atoms with van der Waals surface area (Å²) in [5.41, 5.74) is 0.